The smallest absolute Gasteiger partial charge is 0.318 e. The van der Waals surface area contributed by atoms with Gasteiger partial charge in [0.15, 0.2) is 0 Å². The van der Waals surface area contributed by atoms with Crippen molar-refractivity contribution in [3.05, 3.63) is 41.1 Å². The van der Waals surface area contributed by atoms with E-state index in [1.165, 1.54) is 5.56 Å². The van der Waals surface area contributed by atoms with Crippen LogP contribution in [0.2, 0.25) is 0 Å². The van der Waals surface area contributed by atoms with Crippen molar-refractivity contribution in [3.63, 3.8) is 0 Å². The summed E-state index contributed by atoms with van der Waals surface area (Å²) in [5.41, 5.74) is 9.21. The lowest BCUT2D eigenvalue weighted by molar-refractivity contribution is 0.0980. The monoisotopic (exact) mass is 340 g/mol. The van der Waals surface area contributed by atoms with Crippen molar-refractivity contribution in [2.75, 3.05) is 23.8 Å². The number of carbonyl (C=O) groups excluding carboxylic acids is 1. The zero-order valence-corrected chi connectivity index (χ0v) is 15.2. The second-order valence-electron chi connectivity index (χ2n) is 7.15. The fourth-order valence-corrected chi connectivity index (χ4v) is 2.95. The highest BCUT2D eigenvalue weighted by Gasteiger charge is 2.30. The molecule has 0 atom stereocenters. The minimum Gasteiger partial charge on any atom is -0.464 e. The van der Waals surface area contributed by atoms with Gasteiger partial charge >= 0.3 is 6.01 Å². The van der Waals surface area contributed by atoms with E-state index in [4.69, 9.17) is 10.5 Å². The Labute approximate surface area is 148 Å². The largest absolute Gasteiger partial charge is 0.464 e. The molecule has 25 heavy (non-hydrogen) atoms. The van der Waals surface area contributed by atoms with E-state index in [0.717, 1.165) is 5.69 Å². The molecule has 0 unspecified atom stereocenters. The molecule has 1 aliphatic rings. The maximum Gasteiger partial charge on any atom is 0.318 e. The molecule has 0 aliphatic carbocycles. The maximum absolute atomic E-state index is 12.9. The van der Waals surface area contributed by atoms with Crippen LogP contribution in [0.25, 0.3) is 0 Å². The summed E-state index contributed by atoms with van der Waals surface area (Å²) in [6.07, 6.45) is 0.620. The fraction of sp³-hybridized carbons (Fsp3) is 0.421. The van der Waals surface area contributed by atoms with E-state index >= 15 is 0 Å². The Morgan fingerprint density at radius 2 is 1.88 bits per heavy atom. The highest BCUT2D eigenvalue weighted by atomic mass is 16.5. The van der Waals surface area contributed by atoms with Crippen LogP contribution < -0.4 is 15.4 Å². The zero-order valence-electron chi connectivity index (χ0n) is 15.2. The number of carbonyl (C=O) groups is 1. The molecule has 2 N–H and O–H groups in total. The summed E-state index contributed by atoms with van der Waals surface area (Å²) in [6.45, 7) is 9.36. The van der Waals surface area contributed by atoms with Crippen molar-refractivity contribution in [2.45, 2.75) is 39.5 Å². The number of nitrogen functional groups attached to an aromatic ring is 1. The van der Waals surface area contributed by atoms with E-state index in [2.05, 4.69) is 42.9 Å². The first kappa shape index (κ1) is 17.2. The van der Waals surface area contributed by atoms with Gasteiger partial charge in [-0.3, -0.25) is 4.79 Å². The van der Waals surface area contributed by atoms with Gasteiger partial charge in [0, 0.05) is 18.7 Å². The Bertz CT molecular complexity index is 794. The number of fused-ring (bicyclic) bond motifs is 1. The molecule has 6 heteroatoms. The zero-order chi connectivity index (χ0) is 18.2. The van der Waals surface area contributed by atoms with Gasteiger partial charge < -0.3 is 15.4 Å². The van der Waals surface area contributed by atoms with Crippen molar-refractivity contribution in [2.24, 2.45) is 0 Å². The van der Waals surface area contributed by atoms with Crippen LogP contribution in [0.5, 0.6) is 6.01 Å². The molecular weight excluding hydrogens is 316 g/mol. The molecule has 3 rings (SSSR count). The third-order valence-corrected chi connectivity index (χ3v) is 4.34. The summed E-state index contributed by atoms with van der Waals surface area (Å²) in [5.74, 6) is 0.0137. The van der Waals surface area contributed by atoms with Gasteiger partial charge in [0.2, 0.25) is 0 Å². The molecule has 0 bridgehead atoms. The second kappa shape index (κ2) is 6.35. The van der Waals surface area contributed by atoms with E-state index in [-0.39, 0.29) is 23.2 Å². The summed E-state index contributed by atoms with van der Waals surface area (Å²) < 4.78 is 5.32. The number of amides is 1. The van der Waals surface area contributed by atoms with Crippen LogP contribution in [0.15, 0.2) is 24.3 Å². The Balaban J connectivity index is 1.91. The number of nitrogens with two attached hydrogens (primary N) is 1. The predicted octanol–water partition coefficient (Wildman–Crippen LogP) is 2.96. The number of ether oxygens (including phenoxy) is 1. The van der Waals surface area contributed by atoms with E-state index in [1.54, 1.807) is 4.90 Å². The predicted molar refractivity (Wildman–Crippen MR) is 98.1 cm³/mol. The second-order valence-corrected chi connectivity index (χ2v) is 7.15. The number of anilines is 2. The number of hydrogen-bond acceptors (Lipinski definition) is 5. The maximum atomic E-state index is 12.9. The molecule has 0 spiro atoms. The molecule has 0 fully saturated rings. The molecule has 1 aromatic heterocycles. The van der Waals surface area contributed by atoms with Crippen LogP contribution >= 0.6 is 0 Å². The molecule has 0 saturated carbocycles. The number of hydrogen-bond donors (Lipinski definition) is 1. The summed E-state index contributed by atoms with van der Waals surface area (Å²) >= 11 is 0. The van der Waals surface area contributed by atoms with Crippen molar-refractivity contribution in [1.82, 2.24) is 9.97 Å². The Morgan fingerprint density at radius 1 is 1.20 bits per heavy atom. The average molecular weight is 340 g/mol. The van der Waals surface area contributed by atoms with Gasteiger partial charge in [-0.2, -0.15) is 9.97 Å². The van der Waals surface area contributed by atoms with Crippen LogP contribution in [-0.2, 0) is 11.8 Å². The van der Waals surface area contributed by atoms with Crippen LogP contribution in [0.4, 0.5) is 11.5 Å². The first-order chi connectivity index (χ1) is 11.8. The number of benzene rings is 1. The van der Waals surface area contributed by atoms with Crippen LogP contribution in [0.3, 0.4) is 0 Å². The van der Waals surface area contributed by atoms with Crippen LogP contribution in [0.1, 0.15) is 49.3 Å². The number of nitrogens with zero attached hydrogens (tertiary/aromatic N) is 3. The number of rotatable bonds is 3. The summed E-state index contributed by atoms with van der Waals surface area (Å²) in [4.78, 5) is 23.1. The molecular formula is C19H24N4O2. The summed E-state index contributed by atoms with van der Waals surface area (Å²) in [5, 5.41) is 0. The lowest BCUT2D eigenvalue weighted by atomic mass is 9.87. The van der Waals surface area contributed by atoms with Gasteiger partial charge in [0.05, 0.1) is 12.3 Å². The SMILES string of the molecule is CCOc1nc(N)c2c(n1)CCN(c1ccc(C(C)(C)C)cc1)C2=O. The van der Waals surface area contributed by atoms with Gasteiger partial charge in [0.1, 0.15) is 11.4 Å². The van der Waals surface area contributed by atoms with E-state index in [1.807, 2.05) is 19.1 Å². The number of aromatic nitrogens is 2. The minimum absolute atomic E-state index is 0.0744. The highest BCUT2D eigenvalue weighted by Crippen LogP contribution is 2.30. The lowest BCUT2D eigenvalue weighted by Crippen LogP contribution is -2.39. The first-order valence-corrected chi connectivity index (χ1v) is 8.53. The molecule has 0 saturated heterocycles. The molecule has 0 radical (unpaired) electrons. The van der Waals surface area contributed by atoms with Gasteiger partial charge in [-0.05, 0) is 30.0 Å². The summed E-state index contributed by atoms with van der Waals surface area (Å²) in [6, 6.07) is 8.32. The summed E-state index contributed by atoms with van der Waals surface area (Å²) in [7, 11) is 0. The lowest BCUT2D eigenvalue weighted by Gasteiger charge is -2.29. The molecule has 1 amide bonds. The Morgan fingerprint density at radius 3 is 2.48 bits per heavy atom. The molecule has 132 valence electrons. The van der Waals surface area contributed by atoms with Crippen molar-refractivity contribution in [1.29, 1.82) is 0 Å². The van der Waals surface area contributed by atoms with Crippen molar-refractivity contribution in [3.8, 4) is 6.01 Å². The minimum atomic E-state index is -0.162. The van der Waals surface area contributed by atoms with E-state index < -0.39 is 0 Å². The molecule has 6 nitrogen and oxygen atoms in total. The van der Waals surface area contributed by atoms with Crippen LogP contribution in [0, 0.1) is 0 Å². The third-order valence-electron chi connectivity index (χ3n) is 4.34. The normalized spacial score (nSPS) is 14.4. The van der Waals surface area contributed by atoms with E-state index in [0.29, 0.717) is 30.8 Å². The quantitative estimate of drug-likeness (QED) is 0.929. The Kier molecular flexibility index (Phi) is 4.37. The molecule has 1 aromatic carbocycles. The molecule has 1 aliphatic heterocycles. The fourth-order valence-electron chi connectivity index (χ4n) is 2.95. The van der Waals surface area contributed by atoms with Crippen LogP contribution in [-0.4, -0.2) is 29.0 Å². The topological polar surface area (TPSA) is 81.3 Å². The van der Waals surface area contributed by atoms with Gasteiger partial charge in [-0.1, -0.05) is 32.9 Å². The first-order valence-electron chi connectivity index (χ1n) is 8.53. The van der Waals surface area contributed by atoms with E-state index in [9.17, 15) is 4.79 Å². The standard InChI is InChI=1S/C19H24N4O2/c1-5-25-18-21-14-10-11-23(17(24)15(14)16(20)22-18)13-8-6-12(7-9-13)19(2,3)4/h6-9H,5,10-11H2,1-4H3,(H2,20,21,22). The third kappa shape index (κ3) is 3.29. The van der Waals surface area contributed by atoms with Gasteiger partial charge in [0.25, 0.3) is 5.91 Å². The molecule has 2 aromatic rings. The van der Waals surface area contributed by atoms with Crippen molar-refractivity contribution < 1.29 is 9.53 Å². The van der Waals surface area contributed by atoms with Crippen molar-refractivity contribution >= 4 is 17.4 Å². The average Bonchev–Trinajstić information content (AvgIpc) is 2.54. The van der Waals surface area contributed by atoms with Gasteiger partial charge in [-0.25, -0.2) is 0 Å². The highest BCUT2D eigenvalue weighted by molar-refractivity contribution is 6.10. The Hall–Kier alpha value is -2.63. The van der Waals surface area contributed by atoms with Gasteiger partial charge in [-0.15, -0.1) is 0 Å². The molecule has 2 heterocycles.